The largest absolute Gasteiger partial charge is 0.356 e. The second kappa shape index (κ2) is 5.13. The molecule has 0 radical (unpaired) electrons. The fourth-order valence-electron chi connectivity index (χ4n) is 1.93. The summed E-state index contributed by atoms with van der Waals surface area (Å²) in [5.41, 5.74) is 1.17. The lowest BCUT2D eigenvalue weighted by atomic mass is 10.2. The summed E-state index contributed by atoms with van der Waals surface area (Å²) in [5.74, 6) is 0.245. The Hall–Kier alpha value is -2.48. The van der Waals surface area contributed by atoms with Gasteiger partial charge in [0.05, 0.1) is 5.69 Å². The Morgan fingerprint density at radius 3 is 2.67 bits per heavy atom. The van der Waals surface area contributed by atoms with Crippen molar-refractivity contribution in [3.05, 3.63) is 48.4 Å². The third kappa shape index (κ3) is 2.70. The first-order valence-electron chi connectivity index (χ1n) is 6.14. The van der Waals surface area contributed by atoms with Gasteiger partial charge in [-0.3, -0.25) is 0 Å². The highest BCUT2D eigenvalue weighted by molar-refractivity contribution is 7.90. The number of nitrogens with zero attached hydrogens (tertiary/aromatic N) is 4. The quantitative estimate of drug-likeness (QED) is 0.724. The molecule has 0 N–H and O–H groups in total. The first kappa shape index (κ1) is 13.5. The molecule has 108 valence electrons. The number of rotatable bonds is 4. The van der Waals surface area contributed by atoms with E-state index in [1.54, 1.807) is 13.1 Å². The zero-order valence-corrected chi connectivity index (χ0v) is 12.0. The normalized spacial score (nSPS) is 11.7. The van der Waals surface area contributed by atoms with Crippen LogP contribution < -0.4 is 0 Å². The summed E-state index contributed by atoms with van der Waals surface area (Å²) < 4.78 is 31.0. The highest BCUT2D eigenvalue weighted by atomic mass is 32.2. The second-order valence-electron chi connectivity index (χ2n) is 4.53. The Morgan fingerprint density at radius 1 is 1.24 bits per heavy atom. The highest BCUT2D eigenvalue weighted by Gasteiger charge is 2.23. The minimum atomic E-state index is -3.60. The molecule has 0 atom stereocenters. The molecule has 1 aromatic carbocycles. The van der Waals surface area contributed by atoms with E-state index in [0.717, 1.165) is 5.56 Å². The lowest BCUT2D eigenvalue weighted by Crippen LogP contribution is -2.11. The molecule has 8 heteroatoms. The van der Waals surface area contributed by atoms with Gasteiger partial charge in [-0.25, -0.2) is 8.42 Å². The number of sulfone groups is 1. The maximum Gasteiger partial charge on any atom is 0.249 e. The molecule has 0 unspecified atom stereocenters. The molecule has 2 heterocycles. The van der Waals surface area contributed by atoms with Crippen molar-refractivity contribution in [2.24, 2.45) is 7.05 Å². The third-order valence-corrected chi connectivity index (χ3v) is 4.50. The van der Waals surface area contributed by atoms with Crippen molar-refractivity contribution < 1.29 is 12.9 Å². The van der Waals surface area contributed by atoms with Crippen LogP contribution in [0.25, 0.3) is 11.3 Å². The molecule has 3 aromatic rings. The maximum atomic E-state index is 12.2. The molecule has 0 aliphatic carbocycles. The average Bonchev–Trinajstić information content (AvgIpc) is 3.08. The number of benzene rings is 1. The van der Waals surface area contributed by atoms with E-state index >= 15 is 0 Å². The fraction of sp³-hybridized carbons (Fsp3) is 0.154. The van der Waals surface area contributed by atoms with E-state index in [2.05, 4.69) is 15.4 Å². The lowest BCUT2D eigenvalue weighted by molar-refractivity contribution is 0.425. The van der Waals surface area contributed by atoms with Gasteiger partial charge in [-0.05, 0) is 0 Å². The summed E-state index contributed by atoms with van der Waals surface area (Å²) in [6.45, 7) is 0. The predicted molar refractivity (Wildman–Crippen MR) is 73.8 cm³/mol. The molecular formula is C13H12N4O3S. The van der Waals surface area contributed by atoms with Gasteiger partial charge in [0.15, 0.2) is 5.76 Å². The SMILES string of the molecule is Cn1cnnc1S(=O)(=O)Cc1cc(-c2ccccc2)on1. The van der Waals surface area contributed by atoms with E-state index in [9.17, 15) is 8.42 Å². The van der Waals surface area contributed by atoms with Gasteiger partial charge in [-0.15, -0.1) is 10.2 Å². The molecule has 0 aliphatic heterocycles. The van der Waals surface area contributed by atoms with E-state index in [0.29, 0.717) is 11.5 Å². The fourth-order valence-corrected chi connectivity index (χ4v) is 3.24. The topological polar surface area (TPSA) is 90.9 Å². The number of hydrogen-bond acceptors (Lipinski definition) is 6. The molecule has 0 fully saturated rings. The molecule has 3 rings (SSSR count). The van der Waals surface area contributed by atoms with Crippen LogP contribution in [0.4, 0.5) is 0 Å². The first-order chi connectivity index (χ1) is 10.1. The summed E-state index contributed by atoms with van der Waals surface area (Å²) in [4.78, 5) is 0. The van der Waals surface area contributed by atoms with Crippen molar-refractivity contribution in [2.75, 3.05) is 0 Å². The summed E-state index contributed by atoms with van der Waals surface area (Å²) in [6.07, 6.45) is 1.34. The van der Waals surface area contributed by atoms with Crippen molar-refractivity contribution in [1.82, 2.24) is 19.9 Å². The van der Waals surface area contributed by atoms with E-state index in [4.69, 9.17) is 4.52 Å². The maximum absolute atomic E-state index is 12.2. The molecule has 0 aliphatic rings. The van der Waals surface area contributed by atoms with Crippen LogP contribution >= 0.6 is 0 Å². The van der Waals surface area contributed by atoms with Gasteiger partial charge in [-0.1, -0.05) is 35.5 Å². The smallest absolute Gasteiger partial charge is 0.249 e. The van der Waals surface area contributed by atoms with E-state index in [1.165, 1.54) is 10.9 Å². The van der Waals surface area contributed by atoms with Gasteiger partial charge in [0.1, 0.15) is 12.1 Å². The van der Waals surface area contributed by atoms with Gasteiger partial charge in [0.25, 0.3) is 0 Å². The van der Waals surface area contributed by atoms with Crippen LogP contribution in [-0.2, 0) is 22.6 Å². The summed E-state index contributed by atoms with van der Waals surface area (Å²) in [5, 5.41) is 10.9. The van der Waals surface area contributed by atoms with Crippen LogP contribution in [0.5, 0.6) is 0 Å². The zero-order chi connectivity index (χ0) is 14.9. The van der Waals surface area contributed by atoms with Crippen LogP contribution in [0, 0.1) is 0 Å². The monoisotopic (exact) mass is 304 g/mol. The zero-order valence-electron chi connectivity index (χ0n) is 11.2. The van der Waals surface area contributed by atoms with Crippen molar-refractivity contribution in [3.63, 3.8) is 0 Å². The van der Waals surface area contributed by atoms with Gasteiger partial charge < -0.3 is 9.09 Å². The second-order valence-corrected chi connectivity index (χ2v) is 6.42. The van der Waals surface area contributed by atoms with Crippen molar-refractivity contribution in [1.29, 1.82) is 0 Å². The molecule has 2 aromatic heterocycles. The minimum absolute atomic E-state index is 0.0910. The van der Waals surface area contributed by atoms with Crippen LogP contribution in [0.1, 0.15) is 5.69 Å². The summed E-state index contributed by atoms with van der Waals surface area (Å²) in [7, 11) is -2.03. The van der Waals surface area contributed by atoms with Crippen LogP contribution in [0.3, 0.4) is 0 Å². The molecule has 0 spiro atoms. The Balaban J connectivity index is 1.87. The van der Waals surface area contributed by atoms with E-state index in [1.807, 2.05) is 30.3 Å². The average molecular weight is 304 g/mol. The molecule has 0 bridgehead atoms. The Labute approximate surface area is 121 Å². The Kier molecular flexibility index (Phi) is 3.30. The van der Waals surface area contributed by atoms with Crippen molar-refractivity contribution in [2.45, 2.75) is 10.9 Å². The molecule has 0 amide bonds. The van der Waals surface area contributed by atoms with Gasteiger partial charge in [-0.2, -0.15) is 0 Å². The first-order valence-corrected chi connectivity index (χ1v) is 7.79. The summed E-state index contributed by atoms with van der Waals surface area (Å²) in [6, 6.07) is 11.0. The van der Waals surface area contributed by atoms with Gasteiger partial charge in [0, 0.05) is 18.7 Å². The van der Waals surface area contributed by atoms with Crippen LogP contribution in [0.2, 0.25) is 0 Å². The van der Waals surface area contributed by atoms with E-state index in [-0.39, 0.29) is 10.9 Å². The Morgan fingerprint density at radius 2 is 2.00 bits per heavy atom. The third-order valence-electron chi connectivity index (χ3n) is 2.90. The number of hydrogen-bond donors (Lipinski definition) is 0. The molecular weight excluding hydrogens is 292 g/mol. The molecule has 21 heavy (non-hydrogen) atoms. The molecule has 7 nitrogen and oxygen atoms in total. The standard InChI is InChI=1S/C13H12N4O3S/c1-17-9-14-15-13(17)21(18,19)8-11-7-12(20-16-11)10-5-3-2-4-6-10/h2-7,9H,8H2,1H3. The molecule has 0 saturated carbocycles. The van der Waals surface area contributed by atoms with Crippen molar-refractivity contribution in [3.8, 4) is 11.3 Å². The predicted octanol–water partition coefficient (Wildman–Crippen LogP) is 1.44. The molecule has 0 saturated heterocycles. The number of aromatic nitrogens is 4. The van der Waals surface area contributed by atoms with Crippen molar-refractivity contribution >= 4 is 9.84 Å². The van der Waals surface area contributed by atoms with Crippen LogP contribution in [-0.4, -0.2) is 28.3 Å². The number of aryl methyl sites for hydroxylation is 1. The minimum Gasteiger partial charge on any atom is -0.356 e. The van der Waals surface area contributed by atoms with Gasteiger partial charge >= 0.3 is 0 Å². The van der Waals surface area contributed by atoms with E-state index < -0.39 is 9.84 Å². The van der Waals surface area contributed by atoms with Gasteiger partial charge in [0.2, 0.25) is 15.0 Å². The Bertz CT molecular complexity index is 852. The summed E-state index contributed by atoms with van der Waals surface area (Å²) >= 11 is 0. The lowest BCUT2D eigenvalue weighted by Gasteiger charge is -1.99. The highest BCUT2D eigenvalue weighted by Crippen LogP contribution is 2.21. The van der Waals surface area contributed by atoms with Crippen LogP contribution in [0.15, 0.2) is 52.4 Å².